The molecule has 0 bridgehead atoms. The lowest BCUT2D eigenvalue weighted by molar-refractivity contribution is -0.0806. The molecule has 0 spiro atoms. The Hall–Kier alpha value is -14.3. The van der Waals surface area contributed by atoms with Gasteiger partial charge in [0.1, 0.15) is 52.5 Å². The molecule has 6 aromatic carbocycles. The van der Waals surface area contributed by atoms with Gasteiger partial charge in [0.2, 0.25) is 35.5 Å². The number of benzene rings is 6. The summed E-state index contributed by atoms with van der Waals surface area (Å²) < 4.78 is 51.5. The van der Waals surface area contributed by atoms with E-state index in [0.717, 1.165) is 125 Å². The average Bonchev–Trinajstić information content (AvgIpc) is 1.62. The number of aromatic amines is 5. The molecule has 14 aromatic rings. The minimum absolute atomic E-state index is 0.0235. The summed E-state index contributed by atoms with van der Waals surface area (Å²) in [5.74, 6) is 3.34. The third-order valence-corrected chi connectivity index (χ3v) is 22.7. The van der Waals surface area contributed by atoms with E-state index < -0.39 is 0 Å². The second-order valence-corrected chi connectivity index (χ2v) is 31.2. The average molecular weight is 1670 g/mol. The number of aromatic nitrogens is 11. The summed E-state index contributed by atoms with van der Waals surface area (Å²) in [6.07, 6.45) is 17.2. The topological polar surface area (TPSA) is 395 Å². The molecule has 4 saturated heterocycles. The summed E-state index contributed by atoms with van der Waals surface area (Å²) in [7, 11) is 8.31. The predicted octanol–water partition coefficient (Wildman–Crippen LogP) is 13.8. The van der Waals surface area contributed by atoms with Crippen molar-refractivity contribution in [3.8, 4) is 90.8 Å². The molecule has 124 heavy (non-hydrogen) atoms. The summed E-state index contributed by atoms with van der Waals surface area (Å²) in [5.41, 5.74) is 16.0. The third-order valence-electron chi connectivity index (χ3n) is 22.7. The fourth-order valence-corrected chi connectivity index (χ4v) is 15.4. The Labute approximate surface area is 712 Å². The Balaban J connectivity index is 0.000000127. The second kappa shape index (κ2) is 36.1. The first-order chi connectivity index (χ1) is 60.7. The number of likely N-dealkylation sites (tertiary alicyclic amines) is 1. The number of nitrogens with one attached hydrogen (secondary N) is 12. The number of carbonyl (C=O) groups is 4. The van der Waals surface area contributed by atoms with Crippen molar-refractivity contribution in [2.24, 2.45) is 0 Å². The molecule has 4 aliphatic heterocycles. The van der Waals surface area contributed by atoms with Gasteiger partial charge >= 0.3 is 0 Å². The molecule has 8 aromatic heterocycles. The standard InChI is InChI=1S/C33H35N7O3.C31H30N6O4.C28H28N6O6/c1-40-18-23(19-40)36-31(41)22-13-14-27(28(16-22)42-2)37-33-38-30-29(32(39-33)43-24-6-3-4-7-24)25(17-35-30)20-9-11-21(12-10-20)26-8-5-15-34-26;1-39-26-14-20(29(38)34-21-16-40-17-21)11-12-25(26)35-31-36-28-27(30(37-31)41-22-4-2-5-22)23(15-33-28)18-7-9-19(10-8-18)24-6-3-13-32-24;1-29-25(35)16-5-3-15(4-6-16)20-10-30-24-23(20)27(40-19-13-39-14-19)34-28(33-24)32-21-8-7-17(9-22(21)37-2)26(36)31-18-11-38-12-18/h5,8-17,23-24,34H,3-4,6-7,18-19H2,1-2H3,(H,36,41)(H2,35,37,38,39);3,6-15,21-22,32H,2,4-5,16-17H2,1H3,(H,34,38)(H2,33,35,36,37);3-10,18-19H,11-14H2,1-2H3,(H,29,35)(H,31,36)(H2,30,32,33,34). The van der Waals surface area contributed by atoms with Crippen molar-refractivity contribution in [2.45, 2.75) is 81.4 Å². The SMILES string of the molecule is CNC(=O)c1ccc(-c2c[nH]c3nc(Nc4ccc(C(=O)NC5COC5)cc4OC)nc(OC4COC4)c23)cc1.COc1cc(C(=O)NC2CN(C)C2)ccc1Nc1nc(OC2CCCC2)c2c(-c3ccc(-c4ccc[nH]4)cc3)c[nH]c2n1.COc1cc(C(=O)NC2COC2)ccc1Nc1nc(OC2CCC2)c2c(-c3ccc(-c4ccc[nH]4)cc3)c[nH]c2n1. The van der Waals surface area contributed by atoms with Crippen molar-refractivity contribution in [3.05, 3.63) is 205 Å². The predicted molar refractivity (Wildman–Crippen MR) is 469 cm³/mol. The number of ether oxygens (including phenoxy) is 9. The van der Waals surface area contributed by atoms with Gasteiger partial charge in [-0.15, -0.1) is 0 Å². The number of H-pyrrole nitrogens is 5. The second-order valence-electron chi connectivity index (χ2n) is 31.2. The minimum atomic E-state index is -0.198. The molecule has 0 atom stereocenters. The van der Waals surface area contributed by atoms with Crippen molar-refractivity contribution >= 4 is 91.6 Å². The van der Waals surface area contributed by atoms with Crippen LogP contribution in [0.3, 0.4) is 0 Å². The lowest BCUT2D eigenvalue weighted by atomic mass is 9.96. The quantitative estimate of drug-likeness (QED) is 0.0227. The monoisotopic (exact) mass is 1670 g/mol. The van der Waals surface area contributed by atoms with Crippen LogP contribution in [0.2, 0.25) is 0 Å². The number of amides is 4. The fourth-order valence-electron chi connectivity index (χ4n) is 15.4. The summed E-state index contributed by atoms with van der Waals surface area (Å²) in [5, 5.41) is 23.7. The first kappa shape index (κ1) is 80.7. The smallest absolute Gasteiger partial charge is 0.251 e. The van der Waals surface area contributed by atoms with Crippen molar-refractivity contribution in [3.63, 3.8) is 0 Å². The van der Waals surface area contributed by atoms with Gasteiger partial charge in [0, 0.05) is 101 Å². The van der Waals surface area contributed by atoms with Gasteiger partial charge in [0.25, 0.3) is 23.6 Å². The Kier molecular flexibility index (Phi) is 23.5. The molecule has 0 radical (unpaired) electrons. The van der Waals surface area contributed by atoms with Crippen molar-refractivity contribution in [2.75, 3.05) is 104 Å². The van der Waals surface area contributed by atoms with E-state index in [1.54, 1.807) is 81.9 Å². The Morgan fingerprint density at radius 3 is 1.05 bits per heavy atom. The maximum Gasteiger partial charge on any atom is 0.251 e. The minimum Gasteiger partial charge on any atom is -0.495 e. The van der Waals surface area contributed by atoms with Crippen LogP contribution < -0.4 is 65.6 Å². The zero-order chi connectivity index (χ0) is 84.7. The van der Waals surface area contributed by atoms with Crippen molar-refractivity contribution < 1.29 is 61.8 Å². The molecule has 6 fully saturated rings. The number of nitrogens with zero attached hydrogens (tertiary/aromatic N) is 7. The molecule has 20 rings (SSSR count). The number of carbonyl (C=O) groups excluding carboxylic acids is 4. The summed E-state index contributed by atoms with van der Waals surface area (Å²) in [4.78, 5) is 97.1. The first-order valence-electron chi connectivity index (χ1n) is 41.4. The third kappa shape index (κ3) is 17.8. The van der Waals surface area contributed by atoms with Crippen LogP contribution in [0.5, 0.6) is 34.9 Å². The molecule has 2 aliphatic carbocycles. The molecule has 4 amide bonds. The Morgan fingerprint density at radius 1 is 0.387 bits per heavy atom. The van der Waals surface area contributed by atoms with Crippen LogP contribution in [0.25, 0.3) is 89.0 Å². The first-order valence-corrected chi connectivity index (χ1v) is 41.4. The lowest BCUT2D eigenvalue weighted by Gasteiger charge is -2.36. The van der Waals surface area contributed by atoms with E-state index in [1.807, 2.05) is 68.4 Å². The summed E-state index contributed by atoms with van der Waals surface area (Å²) in [6.45, 7) is 4.75. The Morgan fingerprint density at radius 2 is 0.734 bits per heavy atom. The molecule has 634 valence electrons. The van der Waals surface area contributed by atoms with Crippen LogP contribution in [-0.2, 0) is 14.2 Å². The largest absolute Gasteiger partial charge is 0.495 e. The molecule has 12 heterocycles. The van der Waals surface area contributed by atoms with Gasteiger partial charge in [-0.25, -0.2) is 0 Å². The Bertz CT molecular complexity index is 6170. The zero-order valence-corrected chi connectivity index (χ0v) is 68.8. The highest BCUT2D eigenvalue weighted by Crippen LogP contribution is 2.43. The zero-order valence-electron chi connectivity index (χ0n) is 68.8. The van der Waals surface area contributed by atoms with Gasteiger partial charge < -0.3 is 110 Å². The van der Waals surface area contributed by atoms with Gasteiger partial charge in [-0.2, -0.15) is 29.9 Å². The van der Waals surface area contributed by atoms with E-state index in [0.29, 0.717) is 148 Å². The van der Waals surface area contributed by atoms with E-state index >= 15 is 0 Å². The van der Waals surface area contributed by atoms with Crippen LogP contribution >= 0.6 is 0 Å². The highest BCUT2D eigenvalue weighted by atomic mass is 16.6. The van der Waals surface area contributed by atoms with Crippen molar-refractivity contribution in [1.29, 1.82) is 0 Å². The van der Waals surface area contributed by atoms with Crippen LogP contribution in [0, 0.1) is 0 Å². The van der Waals surface area contributed by atoms with Crippen LogP contribution in [0.1, 0.15) is 86.4 Å². The molecular weight excluding hydrogens is 1580 g/mol. The molecule has 32 nitrogen and oxygen atoms in total. The molecular formula is C92H93N19O13. The highest BCUT2D eigenvalue weighted by molar-refractivity contribution is 6.03. The summed E-state index contributed by atoms with van der Waals surface area (Å²) in [6, 6.07) is 48.1. The number of likely N-dealkylation sites (N-methyl/N-ethyl adjacent to an activating group) is 1. The lowest BCUT2D eigenvalue weighted by Crippen LogP contribution is -2.57. The van der Waals surface area contributed by atoms with E-state index in [4.69, 9.17) is 67.6 Å². The van der Waals surface area contributed by atoms with E-state index in [9.17, 15) is 19.2 Å². The van der Waals surface area contributed by atoms with Crippen molar-refractivity contribution in [1.82, 2.24) is 81.0 Å². The molecule has 2 saturated carbocycles. The molecule has 0 unspecified atom stereocenters. The summed E-state index contributed by atoms with van der Waals surface area (Å²) >= 11 is 0. The number of methoxy groups -OCH3 is 3. The maximum atomic E-state index is 12.8. The number of hydrogen-bond acceptors (Lipinski definition) is 23. The highest BCUT2D eigenvalue weighted by Gasteiger charge is 2.32. The van der Waals surface area contributed by atoms with E-state index in [2.05, 4.69) is 133 Å². The van der Waals surface area contributed by atoms with Gasteiger partial charge in [0.05, 0.1) is 112 Å². The molecule has 6 aliphatic rings. The van der Waals surface area contributed by atoms with Gasteiger partial charge in [0.15, 0.2) is 0 Å². The van der Waals surface area contributed by atoms with Crippen LogP contribution in [0.4, 0.5) is 34.9 Å². The van der Waals surface area contributed by atoms with Gasteiger partial charge in [-0.05, 0) is 171 Å². The number of fused-ring (bicyclic) bond motifs is 3. The fraction of sp³-hybridized carbons (Fsp3) is 0.283. The van der Waals surface area contributed by atoms with E-state index in [-0.39, 0.29) is 66.0 Å². The van der Waals surface area contributed by atoms with Gasteiger partial charge in [-0.1, -0.05) is 60.7 Å². The number of anilines is 6. The number of rotatable bonds is 27. The number of hydrogen-bond donors (Lipinski definition) is 12. The van der Waals surface area contributed by atoms with Gasteiger partial charge in [-0.3, -0.25) is 19.2 Å². The van der Waals surface area contributed by atoms with Crippen LogP contribution in [0.15, 0.2) is 183 Å². The van der Waals surface area contributed by atoms with E-state index in [1.165, 1.54) is 7.11 Å². The molecule has 12 N–H and O–H groups in total. The maximum absolute atomic E-state index is 12.8. The normalized spacial score (nSPS) is 15.4. The van der Waals surface area contributed by atoms with Crippen LogP contribution in [-0.4, -0.2) is 208 Å². The molecule has 32 heteroatoms.